The van der Waals surface area contributed by atoms with Crippen LogP contribution in [0.3, 0.4) is 0 Å². The summed E-state index contributed by atoms with van der Waals surface area (Å²) in [7, 11) is 0. The second-order valence-electron chi connectivity index (χ2n) is 7.07. The van der Waals surface area contributed by atoms with E-state index in [-0.39, 0.29) is 24.3 Å². The first kappa shape index (κ1) is 18.8. The predicted molar refractivity (Wildman–Crippen MR) is 95.7 cm³/mol. The maximum absolute atomic E-state index is 12.7. The molecule has 1 aromatic heterocycles. The number of rotatable bonds is 8. The number of aryl methyl sites for hydroxylation is 1. The molecule has 1 aromatic rings. The van der Waals surface area contributed by atoms with Crippen molar-refractivity contribution < 1.29 is 18.8 Å². The van der Waals surface area contributed by atoms with Crippen molar-refractivity contribution in [2.24, 2.45) is 5.92 Å². The summed E-state index contributed by atoms with van der Waals surface area (Å²) in [6, 6.07) is 1.66. The minimum Gasteiger partial charge on any atom is -0.379 e. The molecule has 1 saturated heterocycles. The van der Waals surface area contributed by atoms with E-state index in [4.69, 9.17) is 9.26 Å². The smallest absolute Gasteiger partial charge is 0.245 e. The van der Waals surface area contributed by atoms with E-state index >= 15 is 0 Å². The summed E-state index contributed by atoms with van der Waals surface area (Å²) in [5, 5.41) is 6.46. The van der Waals surface area contributed by atoms with Crippen LogP contribution in [-0.2, 0) is 14.3 Å². The van der Waals surface area contributed by atoms with Crippen LogP contribution in [-0.4, -0.2) is 72.7 Å². The molecule has 3 rings (SSSR count). The molecule has 0 bridgehead atoms. The Bertz CT molecular complexity index is 608. The molecule has 8 nitrogen and oxygen atoms in total. The van der Waals surface area contributed by atoms with Crippen molar-refractivity contribution >= 4 is 17.6 Å². The lowest BCUT2D eigenvalue weighted by atomic mass is 9.84. The minimum atomic E-state index is -0.239. The second-order valence-corrected chi connectivity index (χ2v) is 7.07. The maximum atomic E-state index is 12.7. The summed E-state index contributed by atoms with van der Waals surface area (Å²) in [6.07, 6.45) is 3.82. The van der Waals surface area contributed by atoms with Gasteiger partial charge in [0, 0.05) is 38.2 Å². The average molecular weight is 364 g/mol. The van der Waals surface area contributed by atoms with Gasteiger partial charge in [0.25, 0.3) is 0 Å². The second kappa shape index (κ2) is 9.14. The van der Waals surface area contributed by atoms with Crippen LogP contribution in [0.5, 0.6) is 0 Å². The highest BCUT2D eigenvalue weighted by Gasteiger charge is 2.30. The molecule has 144 valence electrons. The molecule has 2 fully saturated rings. The Morgan fingerprint density at radius 2 is 2.12 bits per heavy atom. The molecule has 0 radical (unpaired) electrons. The van der Waals surface area contributed by atoms with Crippen LogP contribution in [0.2, 0.25) is 0 Å². The lowest BCUT2D eigenvalue weighted by Crippen LogP contribution is -2.45. The number of carbonyl (C=O) groups is 2. The summed E-state index contributed by atoms with van der Waals surface area (Å²) in [5.74, 6) is 0.965. The van der Waals surface area contributed by atoms with Gasteiger partial charge in [0.15, 0.2) is 5.82 Å². The van der Waals surface area contributed by atoms with Crippen LogP contribution in [0.15, 0.2) is 10.6 Å². The zero-order valence-electron chi connectivity index (χ0n) is 15.4. The predicted octanol–water partition coefficient (Wildman–Crippen LogP) is 1.27. The Morgan fingerprint density at radius 1 is 1.35 bits per heavy atom. The first-order chi connectivity index (χ1) is 12.6. The molecule has 0 aromatic carbocycles. The van der Waals surface area contributed by atoms with Crippen molar-refractivity contribution in [2.75, 3.05) is 51.3 Å². The van der Waals surface area contributed by atoms with E-state index < -0.39 is 0 Å². The molecule has 0 unspecified atom stereocenters. The largest absolute Gasteiger partial charge is 0.379 e. The Hall–Kier alpha value is -1.93. The van der Waals surface area contributed by atoms with E-state index in [1.807, 2.05) is 0 Å². The molecular formula is C18H28N4O4. The molecule has 2 amide bonds. The van der Waals surface area contributed by atoms with Crippen LogP contribution in [0.4, 0.5) is 5.82 Å². The van der Waals surface area contributed by atoms with E-state index in [0.717, 1.165) is 58.5 Å². The third-order valence-electron chi connectivity index (χ3n) is 5.00. The third-order valence-corrected chi connectivity index (χ3v) is 5.00. The van der Waals surface area contributed by atoms with Gasteiger partial charge in [-0.1, -0.05) is 11.6 Å². The zero-order valence-corrected chi connectivity index (χ0v) is 15.4. The Balaban J connectivity index is 1.50. The Kier molecular flexibility index (Phi) is 6.62. The van der Waals surface area contributed by atoms with Crippen LogP contribution in [0, 0.1) is 12.8 Å². The van der Waals surface area contributed by atoms with Crippen LogP contribution >= 0.6 is 0 Å². The molecule has 1 saturated carbocycles. The summed E-state index contributed by atoms with van der Waals surface area (Å²) in [6.45, 7) is 6.74. The monoisotopic (exact) mass is 364 g/mol. The average Bonchev–Trinajstić information content (AvgIpc) is 2.98. The minimum absolute atomic E-state index is 0.0599. The van der Waals surface area contributed by atoms with Crippen molar-refractivity contribution in [1.29, 1.82) is 0 Å². The molecule has 2 heterocycles. The summed E-state index contributed by atoms with van der Waals surface area (Å²) < 4.78 is 10.3. The fraction of sp³-hybridized carbons (Fsp3) is 0.722. The lowest BCUT2D eigenvalue weighted by Gasteiger charge is -2.32. The first-order valence-electron chi connectivity index (χ1n) is 9.44. The standard InChI is InChI=1S/C18H28N4O4/c1-14-12-16(20-26-14)19-17(23)13-22(18(24)15-4-2-5-15)7-3-6-21-8-10-25-11-9-21/h12,15H,2-11,13H2,1H3,(H,19,20,23). The highest BCUT2D eigenvalue weighted by molar-refractivity contribution is 5.94. The van der Waals surface area contributed by atoms with Crippen LogP contribution in [0.25, 0.3) is 0 Å². The van der Waals surface area contributed by atoms with Gasteiger partial charge in [0.05, 0.1) is 19.8 Å². The van der Waals surface area contributed by atoms with Gasteiger partial charge in [-0.25, -0.2) is 0 Å². The third kappa shape index (κ3) is 5.28. The normalized spacial score (nSPS) is 18.3. The zero-order chi connectivity index (χ0) is 18.4. The Morgan fingerprint density at radius 3 is 2.73 bits per heavy atom. The summed E-state index contributed by atoms with van der Waals surface area (Å²) >= 11 is 0. The van der Waals surface area contributed by atoms with Gasteiger partial charge >= 0.3 is 0 Å². The summed E-state index contributed by atoms with van der Waals surface area (Å²) in [4.78, 5) is 29.0. The SMILES string of the molecule is Cc1cc(NC(=O)CN(CCCN2CCOCC2)C(=O)C2CCC2)no1. The summed E-state index contributed by atoms with van der Waals surface area (Å²) in [5.41, 5.74) is 0. The van der Waals surface area contributed by atoms with E-state index in [9.17, 15) is 9.59 Å². The number of hydrogen-bond acceptors (Lipinski definition) is 6. The maximum Gasteiger partial charge on any atom is 0.245 e. The number of carbonyl (C=O) groups excluding carboxylic acids is 2. The molecule has 1 aliphatic carbocycles. The fourth-order valence-electron chi connectivity index (χ4n) is 3.27. The van der Waals surface area contributed by atoms with Gasteiger partial charge in [0.2, 0.25) is 11.8 Å². The number of ether oxygens (including phenoxy) is 1. The van der Waals surface area contributed by atoms with Gasteiger partial charge in [-0.2, -0.15) is 0 Å². The molecule has 8 heteroatoms. The van der Waals surface area contributed by atoms with E-state index in [2.05, 4.69) is 15.4 Å². The molecule has 0 atom stereocenters. The van der Waals surface area contributed by atoms with Crippen LogP contribution < -0.4 is 5.32 Å². The van der Waals surface area contributed by atoms with Crippen LogP contribution in [0.1, 0.15) is 31.4 Å². The number of anilines is 1. The van der Waals surface area contributed by atoms with E-state index in [1.165, 1.54) is 0 Å². The van der Waals surface area contributed by atoms with Crippen molar-refractivity contribution in [3.8, 4) is 0 Å². The van der Waals surface area contributed by atoms with Gasteiger partial charge in [-0.15, -0.1) is 0 Å². The number of amides is 2. The van der Waals surface area contributed by atoms with Crippen molar-refractivity contribution in [3.63, 3.8) is 0 Å². The van der Waals surface area contributed by atoms with Gasteiger partial charge in [0.1, 0.15) is 5.76 Å². The van der Waals surface area contributed by atoms with Gasteiger partial charge in [-0.05, 0) is 26.2 Å². The number of morpholine rings is 1. The molecule has 1 N–H and O–H groups in total. The van der Waals surface area contributed by atoms with Gasteiger partial charge in [-0.3, -0.25) is 14.5 Å². The van der Waals surface area contributed by atoms with Crippen molar-refractivity contribution in [2.45, 2.75) is 32.6 Å². The molecule has 26 heavy (non-hydrogen) atoms. The van der Waals surface area contributed by atoms with Crippen molar-refractivity contribution in [3.05, 3.63) is 11.8 Å². The molecule has 2 aliphatic rings. The lowest BCUT2D eigenvalue weighted by molar-refractivity contribution is -0.140. The van der Waals surface area contributed by atoms with Crippen molar-refractivity contribution in [1.82, 2.24) is 15.0 Å². The van der Waals surface area contributed by atoms with Gasteiger partial charge < -0.3 is 19.5 Å². The van der Waals surface area contributed by atoms with E-state index in [1.54, 1.807) is 17.9 Å². The Labute approximate surface area is 153 Å². The number of aromatic nitrogens is 1. The number of nitrogens with one attached hydrogen (secondary N) is 1. The molecular weight excluding hydrogens is 336 g/mol. The topological polar surface area (TPSA) is 87.9 Å². The number of hydrogen-bond donors (Lipinski definition) is 1. The quantitative estimate of drug-likeness (QED) is 0.747. The first-order valence-corrected chi connectivity index (χ1v) is 9.44. The fourth-order valence-corrected chi connectivity index (χ4v) is 3.27. The highest BCUT2D eigenvalue weighted by atomic mass is 16.5. The number of nitrogens with zero attached hydrogens (tertiary/aromatic N) is 3. The molecule has 0 spiro atoms. The highest BCUT2D eigenvalue weighted by Crippen LogP contribution is 2.28. The van der Waals surface area contributed by atoms with E-state index in [0.29, 0.717) is 18.1 Å². The molecule has 1 aliphatic heterocycles.